The summed E-state index contributed by atoms with van der Waals surface area (Å²) in [4.78, 5) is 14.6. The van der Waals surface area contributed by atoms with Gasteiger partial charge in [0.2, 0.25) is 0 Å². The summed E-state index contributed by atoms with van der Waals surface area (Å²) in [6.45, 7) is 3.70. The maximum Gasteiger partial charge on any atom is 0.253 e. The number of hydrogen-bond donors (Lipinski definition) is 0. The van der Waals surface area contributed by atoms with Crippen molar-refractivity contribution in [2.24, 2.45) is 0 Å². The molecule has 0 atom stereocenters. The van der Waals surface area contributed by atoms with E-state index in [0.29, 0.717) is 0 Å². The summed E-state index contributed by atoms with van der Waals surface area (Å²) >= 11 is 1.59. The van der Waals surface area contributed by atoms with E-state index in [2.05, 4.69) is 22.3 Å². The van der Waals surface area contributed by atoms with Crippen molar-refractivity contribution in [1.82, 2.24) is 15.1 Å². The van der Waals surface area contributed by atoms with Crippen molar-refractivity contribution >= 4 is 17.2 Å². The van der Waals surface area contributed by atoms with Gasteiger partial charge in [0.25, 0.3) is 5.91 Å². The van der Waals surface area contributed by atoms with Gasteiger partial charge in [0.15, 0.2) is 0 Å². The number of aryl methyl sites for hydroxylation is 1. The lowest BCUT2D eigenvalue weighted by molar-refractivity contribution is 0.0793. The largest absolute Gasteiger partial charge is 0.339 e. The molecule has 4 rings (SSSR count). The molecule has 0 unspecified atom stereocenters. The molecular weight excluding hydrogens is 330 g/mol. The van der Waals surface area contributed by atoms with E-state index in [-0.39, 0.29) is 5.91 Å². The van der Waals surface area contributed by atoms with Gasteiger partial charge >= 0.3 is 0 Å². The molecule has 0 spiro atoms. The van der Waals surface area contributed by atoms with E-state index in [9.17, 15) is 4.79 Å². The molecule has 3 aromatic rings. The summed E-state index contributed by atoms with van der Waals surface area (Å²) in [5, 5.41) is 10.2. The zero-order valence-corrected chi connectivity index (χ0v) is 14.9. The van der Waals surface area contributed by atoms with Gasteiger partial charge in [0.05, 0.1) is 0 Å². The van der Waals surface area contributed by atoms with Crippen molar-refractivity contribution in [3.05, 3.63) is 59.1 Å². The van der Waals surface area contributed by atoms with Crippen LogP contribution >= 0.6 is 11.3 Å². The van der Waals surface area contributed by atoms with Crippen LogP contribution in [0.25, 0.3) is 21.7 Å². The van der Waals surface area contributed by atoms with Crippen molar-refractivity contribution in [2.45, 2.75) is 19.8 Å². The molecule has 4 nitrogen and oxygen atoms in total. The molecule has 1 amide bonds. The number of amides is 1. The Kier molecular flexibility index (Phi) is 4.32. The fourth-order valence-corrected chi connectivity index (χ4v) is 3.87. The lowest BCUT2D eigenvalue weighted by atomic mass is 10.0. The molecule has 126 valence electrons. The molecule has 1 saturated heterocycles. The minimum atomic E-state index is 0.134. The van der Waals surface area contributed by atoms with E-state index in [1.165, 1.54) is 0 Å². The van der Waals surface area contributed by atoms with Gasteiger partial charge in [-0.15, -0.1) is 10.2 Å². The van der Waals surface area contributed by atoms with E-state index < -0.39 is 0 Å². The molecule has 1 aliphatic heterocycles. The zero-order valence-electron chi connectivity index (χ0n) is 14.1. The lowest BCUT2D eigenvalue weighted by Gasteiger charge is -2.15. The molecule has 0 bridgehead atoms. The Morgan fingerprint density at radius 2 is 1.64 bits per heavy atom. The summed E-state index contributed by atoms with van der Waals surface area (Å²) in [5.74, 6) is 0.134. The van der Waals surface area contributed by atoms with Crippen molar-refractivity contribution in [1.29, 1.82) is 0 Å². The van der Waals surface area contributed by atoms with Crippen molar-refractivity contribution in [3.63, 3.8) is 0 Å². The molecule has 0 N–H and O–H groups in total. The molecule has 1 aromatic heterocycles. The third-order valence-corrected chi connectivity index (χ3v) is 5.36. The highest BCUT2D eigenvalue weighted by atomic mass is 32.1. The average Bonchev–Trinajstić information content (AvgIpc) is 3.33. The molecule has 2 heterocycles. The maximum absolute atomic E-state index is 12.6. The summed E-state index contributed by atoms with van der Waals surface area (Å²) in [5.41, 5.74) is 3.95. The van der Waals surface area contributed by atoms with Gasteiger partial charge in [-0.25, -0.2) is 0 Å². The van der Waals surface area contributed by atoms with Gasteiger partial charge in [-0.1, -0.05) is 41.7 Å². The summed E-state index contributed by atoms with van der Waals surface area (Å²) < 4.78 is 0. The summed E-state index contributed by atoms with van der Waals surface area (Å²) in [7, 11) is 0. The van der Waals surface area contributed by atoms with Crippen LogP contribution in [-0.4, -0.2) is 34.1 Å². The van der Waals surface area contributed by atoms with Crippen molar-refractivity contribution < 1.29 is 4.79 Å². The second-order valence-electron chi connectivity index (χ2n) is 6.29. The fraction of sp³-hybridized carbons (Fsp3) is 0.250. The van der Waals surface area contributed by atoms with Crippen LogP contribution in [0.2, 0.25) is 0 Å². The number of carbonyl (C=O) groups is 1. The monoisotopic (exact) mass is 349 g/mol. The first-order valence-electron chi connectivity index (χ1n) is 8.51. The molecule has 0 saturated carbocycles. The van der Waals surface area contributed by atoms with E-state index in [1.54, 1.807) is 11.3 Å². The van der Waals surface area contributed by atoms with E-state index >= 15 is 0 Å². The van der Waals surface area contributed by atoms with E-state index in [1.807, 2.05) is 48.2 Å². The zero-order chi connectivity index (χ0) is 17.2. The number of aromatic nitrogens is 2. The van der Waals surface area contributed by atoms with Crippen LogP contribution in [0.3, 0.4) is 0 Å². The third-order valence-electron chi connectivity index (χ3n) is 4.47. The number of rotatable bonds is 3. The molecular formula is C20H19N3OS. The highest BCUT2D eigenvalue weighted by Crippen LogP contribution is 2.29. The Balaban J connectivity index is 1.66. The summed E-state index contributed by atoms with van der Waals surface area (Å²) in [6, 6.07) is 16.1. The number of hydrogen-bond acceptors (Lipinski definition) is 4. The summed E-state index contributed by atoms with van der Waals surface area (Å²) in [6.07, 6.45) is 2.21. The van der Waals surface area contributed by atoms with Crippen LogP contribution in [0.15, 0.2) is 48.5 Å². The number of carbonyl (C=O) groups excluding carboxylic acids is 1. The van der Waals surface area contributed by atoms with Gasteiger partial charge < -0.3 is 4.90 Å². The Morgan fingerprint density at radius 1 is 0.960 bits per heavy atom. The number of likely N-dealkylation sites (tertiary alicyclic amines) is 1. The molecule has 2 aromatic carbocycles. The minimum Gasteiger partial charge on any atom is -0.339 e. The second kappa shape index (κ2) is 6.76. The predicted octanol–water partition coefficient (Wildman–Crippen LogP) is 4.42. The Bertz CT molecular complexity index is 913. The molecule has 0 aliphatic carbocycles. The molecule has 1 fully saturated rings. The van der Waals surface area contributed by atoms with Gasteiger partial charge in [-0.2, -0.15) is 0 Å². The highest BCUT2D eigenvalue weighted by Gasteiger charge is 2.19. The predicted molar refractivity (Wildman–Crippen MR) is 101 cm³/mol. The van der Waals surface area contributed by atoms with Crippen LogP contribution in [0.1, 0.15) is 28.2 Å². The van der Waals surface area contributed by atoms with E-state index in [4.69, 9.17) is 0 Å². The maximum atomic E-state index is 12.6. The Morgan fingerprint density at radius 3 is 2.36 bits per heavy atom. The van der Waals surface area contributed by atoms with Crippen LogP contribution in [0.5, 0.6) is 0 Å². The topological polar surface area (TPSA) is 46.1 Å². The minimum absolute atomic E-state index is 0.134. The van der Waals surface area contributed by atoms with Gasteiger partial charge in [0, 0.05) is 24.2 Å². The van der Waals surface area contributed by atoms with Gasteiger partial charge in [-0.05, 0) is 49.1 Å². The van der Waals surface area contributed by atoms with E-state index in [0.717, 1.165) is 58.2 Å². The first-order chi connectivity index (χ1) is 12.2. The first-order valence-corrected chi connectivity index (χ1v) is 9.32. The molecule has 5 heteroatoms. The van der Waals surface area contributed by atoms with Gasteiger partial charge in [0.1, 0.15) is 10.0 Å². The highest BCUT2D eigenvalue weighted by molar-refractivity contribution is 7.14. The second-order valence-corrected chi connectivity index (χ2v) is 7.47. The Labute approximate surface area is 151 Å². The Hall–Kier alpha value is -2.53. The van der Waals surface area contributed by atoms with Crippen molar-refractivity contribution in [2.75, 3.05) is 13.1 Å². The normalized spacial score (nSPS) is 14.0. The molecule has 25 heavy (non-hydrogen) atoms. The van der Waals surface area contributed by atoms with Crippen LogP contribution in [-0.2, 0) is 0 Å². The SMILES string of the molecule is Cc1nnc(-c2cccc(-c3cccc(C(=O)N4CCCC4)c3)c2)s1. The molecule has 0 radical (unpaired) electrons. The molecule has 1 aliphatic rings. The first kappa shape index (κ1) is 16.0. The number of benzene rings is 2. The van der Waals surface area contributed by atoms with Crippen LogP contribution in [0.4, 0.5) is 0 Å². The lowest BCUT2D eigenvalue weighted by Crippen LogP contribution is -2.27. The smallest absolute Gasteiger partial charge is 0.253 e. The number of nitrogens with zero attached hydrogens (tertiary/aromatic N) is 3. The third kappa shape index (κ3) is 3.33. The van der Waals surface area contributed by atoms with Crippen LogP contribution < -0.4 is 0 Å². The standard InChI is InChI=1S/C20H19N3OS/c1-14-21-22-19(25-14)17-8-4-6-15(12-17)16-7-5-9-18(13-16)20(24)23-10-2-3-11-23/h4-9,12-13H,2-3,10-11H2,1H3. The van der Waals surface area contributed by atoms with Crippen molar-refractivity contribution in [3.8, 4) is 21.7 Å². The van der Waals surface area contributed by atoms with Crippen LogP contribution in [0, 0.1) is 6.92 Å². The fourth-order valence-electron chi connectivity index (χ4n) is 3.18. The quantitative estimate of drug-likeness (QED) is 0.703. The van der Waals surface area contributed by atoms with Gasteiger partial charge in [-0.3, -0.25) is 4.79 Å². The average molecular weight is 349 g/mol.